The van der Waals surface area contributed by atoms with Gasteiger partial charge in [-0.1, -0.05) is 23.7 Å². The van der Waals surface area contributed by atoms with Crippen molar-refractivity contribution in [2.45, 2.75) is 25.2 Å². The molecule has 2 aliphatic heterocycles. The number of fused-ring (bicyclic) bond motifs is 1. The molecule has 8 heteroatoms. The SMILES string of the molecule is O=C(Cc1ccc(Cl)cc1)N1CCCC(c2nnc(-c3ccc4c(c3)OCO4)o2)C1. The number of rotatable bonds is 4. The molecular formula is C22H20ClN3O4. The first-order chi connectivity index (χ1) is 14.7. The van der Waals surface area contributed by atoms with Crippen LogP contribution in [-0.4, -0.2) is 40.9 Å². The van der Waals surface area contributed by atoms with Gasteiger partial charge in [0.1, 0.15) is 0 Å². The van der Waals surface area contributed by atoms with Gasteiger partial charge in [-0.2, -0.15) is 0 Å². The normalized spacial score (nSPS) is 17.9. The Bertz CT molecular complexity index is 1070. The fraction of sp³-hybridized carbons (Fsp3) is 0.318. The second kappa shape index (κ2) is 7.99. The van der Waals surface area contributed by atoms with Crippen LogP contribution in [0.4, 0.5) is 0 Å². The highest BCUT2D eigenvalue weighted by Gasteiger charge is 2.29. The van der Waals surface area contributed by atoms with Gasteiger partial charge in [0.05, 0.1) is 12.3 Å². The summed E-state index contributed by atoms with van der Waals surface area (Å²) in [5.41, 5.74) is 1.74. The van der Waals surface area contributed by atoms with Crippen molar-refractivity contribution in [3.63, 3.8) is 0 Å². The zero-order valence-corrected chi connectivity index (χ0v) is 17.0. The van der Waals surface area contributed by atoms with E-state index in [1.165, 1.54) is 0 Å². The van der Waals surface area contributed by atoms with Gasteiger partial charge < -0.3 is 18.8 Å². The number of piperidine rings is 1. The first-order valence-electron chi connectivity index (χ1n) is 9.91. The van der Waals surface area contributed by atoms with Crippen LogP contribution >= 0.6 is 11.6 Å². The first kappa shape index (κ1) is 18.9. The number of amides is 1. The summed E-state index contributed by atoms with van der Waals surface area (Å²) in [5, 5.41) is 9.13. The average molecular weight is 426 g/mol. The van der Waals surface area contributed by atoms with Crippen molar-refractivity contribution in [2.75, 3.05) is 19.9 Å². The molecule has 5 rings (SSSR count). The summed E-state index contributed by atoms with van der Waals surface area (Å²) in [4.78, 5) is 14.6. The molecule has 1 aromatic heterocycles. The summed E-state index contributed by atoms with van der Waals surface area (Å²) in [6, 6.07) is 12.9. The molecule has 1 unspecified atom stereocenters. The highest BCUT2D eigenvalue weighted by molar-refractivity contribution is 6.30. The zero-order valence-electron chi connectivity index (χ0n) is 16.2. The Labute approximate surface area is 178 Å². The highest BCUT2D eigenvalue weighted by Crippen LogP contribution is 2.36. The molecule has 7 nitrogen and oxygen atoms in total. The summed E-state index contributed by atoms with van der Waals surface area (Å²) >= 11 is 5.93. The summed E-state index contributed by atoms with van der Waals surface area (Å²) < 4.78 is 16.7. The van der Waals surface area contributed by atoms with E-state index in [4.69, 9.17) is 25.5 Å². The van der Waals surface area contributed by atoms with Gasteiger partial charge in [0.2, 0.25) is 24.5 Å². The van der Waals surface area contributed by atoms with Crippen molar-refractivity contribution in [1.82, 2.24) is 15.1 Å². The zero-order chi connectivity index (χ0) is 20.5. The standard InChI is InChI=1S/C22H20ClN3O4/c23-17-6-3-14(4-7-17)10-20(27)26-9-1-2-16(12-26)22-25-24-21(30-22)15-5-8-18-19(11-15)29-13-28-18/h3-8,11,16H,1-2,9-10,12-13H2. The topological polar surface area (TPSA) is 77.7 Å². The number of likely N-dealkylation sites (tertiary alicyclic amines) is 1. The number of carbonyl (C=O) groups excluding carboxylic acids is 1. The number of nitrogens with zero attached hydrogens (tertiary/aromatic N) is 3. The predicted octanol–water partition coefficient (Wildman–Crippen LogP) is 4.07. The van der Waals surface area contributed by atoms with Crippen molar-refractivity contribution in [3.8, 4) is 23.0 Å². The maximum Gasteiger partial charge on any atom is 0.247 e. The number of halogens is 1. The third-order valence-electron chi connectivity index (χ3n) is 5.45. The summed E-state index contributed by atoms with van der Waals surface area (Å²) in [7, 11) is 0. The van der Waals surface area contributed by atoms with Crippen molar-refractivity contribution < 1.29 is 18.7 Å². The monoisotopic (exact) mass is 425 g/mol. The van der Waals surface area contributed by atoms with E-state index in [1.807, 2.05) is 35.2 Å². The molecule has 2 aliphatic rings. The van der Waals surface area contributed by atoms with E-state index in [0.29, 0.717) is 41.3 Å². The van der Waals surface area contributed by atoms with Crippen molar-refractivity contribution >= 4 is 17.5 Å². The number of ether oxygens (including phenoxy) is 2. The highest BCUT2D eigenvalue weighted by atomic mass is 35.5. The number of benzene rings is 2. The molecule has 1 saturated heterocycles. The quantitative estimate of drug-likeness (QED) is 0.627. The minimum absolute atomic E-state index is 0.0307. The van der Waals surface area contributed by atoms with Crippen molar-refractivity contribution in [2.24, 2.45) is 0 Å². The third-order valence-corrected chi connectivity index (χ3v) is 5.70. The lowest BCUT2D eigenvalue weighted by molar-refractivity contribution is -0.131. The lowest BCUT2D eigenvalue weighted by Gasteiger charge is -2.31. The van der Waals surface area contributed by atoms with Gasteiger partial charge >= 0.3 is 0 Å². The van der Waals surface area contributed by atoms with Gasteiger partial charge in [0, 0.05) is 23.7 Å². The Morgan fingerprint density at radius 3 is 2.80 bits per heavy atom. The van der Waals surface area contributed by atoms with Crippen LogP contribution < -0.4 is 9.47 Å². The van der Waals surface area contributed by atoms with E-state index < -0.39 is 0 Å². The van der Waals surface area contributed by atoms with Gasteiger partial charge in [-0.3, -0.25) is 4.79 Å². The summed E-state index contributed by atoms with van der Waals surface area (Å²) in [6.07, 6.45) is 2.17. The molecule has 1 amide bonds. The van der Waals surface area contributed by atoms with Crippen LogP contribution in [0.25, 0.3) is 11.5 Å². The van der Waals surface area contributed by atoms with Crippen LogP contribution in [0.2, 0.25) is 5.02 Å². The Morgan fingerprint density at radius 2 is 1.93 bits per heavy atom. The van der Waals surface area contributed by atoms with Gasteiger partial charge in [-0.05, 0) is 48.7 Å². The molecule has 0 aliphatic carbocycles. The fourth-order valence-corrected chi connectivity index (χ4v) is 3.97. The number of aromatic nitrogens is 2. The first-order valence-corrected chi connectivity index (χ1v) is 10.3. The van der Waals surface area contributed by atoms with E-state index in [-0.39, 0.29) is 18.6 Å². The second-order valence-corrected chi connectivity index (χ2v) is 7.93. The summed E-state index contributed by atoms with van der Waals surface area (Å²) in [5.74, 6) is 2.50. The molecule has 1 atom stereocenters. The Kier molecular flexibility index (Phi) is 5.04. The number of hydrogen-bond donors (Lipinski definition) is 0. The molecular weight excluding hydrogens is 406 g/mol. The smallest absolute Gasteiger partial charge is 0.247 e. The van der Waals surface area contributed by atoms with E-state index >= 15 is 0 Å². The van der Waals surface area contributed by atoms with Gasteiger partial charge in [-0.25, -0.2) is 0 Å². The van der Waals surface area contributed by atoms with Crippen LogP contribution in [0.1, 0.15) is 30.2 Å². The molecule has 0 spiro atoms. The molecule has 0 radical (unpaired) electrons. The summed E-state index contributed by atoms with van der Waals surface area (Å²) in [6.45, 7) is 1.54. The molecule has 154 valence electrons. The third kappa shape index (κ3) is 3.85. The average Bonchev–Trinajstić information content (AvgIpc) is 3.44. The Balaban J connectivity index is 1.27. The maximum atomic E-state index is 12.8. The Hall–Kier alpha value is -3.06. The lowest BCUT2D eigenvalue weighted by Crippen LogP contribution is -2.40. The molecule has 1 fully saturated rings. The number of carbonyl (C=O) groups is 1. The number of hydrogen-bond acceptors (Lipinski definition) is 6. The molecule has 0 N–H and O–H groups in total. The lowest BCUT2D eigenvalue weighted by atomic mass is 9.97. The van der Waals surface area contributed by atoms with Gasteiger partial charge in [-0.15, -0.1) is 10.2 Å². The van der Waals surface area contributed by atoms with Crippen LogP contribution in [0.5, 0.6) is 11.5 Å². The van der Waals surface area contributed by atoms with E-state index in [1.54, 1.807) is 12.1 Å². The minimum atomic E-state index is 0.0307. The van der Waals surface area contributed by atoms with E-state index in [2.05, 4.69) is 10.2 Å². The van der Waals surface area contributed by atoms with Gasteiger partial charge in [0.15, 0.2) is 11.5 Å². The van der Waals surface area contributed by atoms with E-state index in [9.17, 15) is 4.79 Å². The molecule has 0 bridgehead atoms. The van der Waals surface area contributed by atoms with Crippen molar-refractivity contribution in [1.29, 1.82) is 0 Å². The molecule has 3 heterocycles. The van der Waals surface area contributed by atoms with E-state index in [0.717, 1.165) is 30.5 Å². The molecule has 0 saturated carbocycles. The van der Waals surface area contributed by atoms with Crippen LogP contribution in [0.15, 0.2) is 46.9 Å². The van der Waals surface area contributed by atoms with Gasteiger partial charge in [0.25, 0.3) is 0 Å². The second-order valence-electron chi connectivity index (χ2n) is 7.50. The molecule has 2 aromatic carbocycles. The molecule has 30 heavy (non-hydrogen) atoms. The van der Waals surface area contributed by atoms with Crippen LogP contribution in [-0.2, 0) is 11.2 Å². The van der Waals surface area contributed by atoms with Crippen LogP contribution in [0, 0.1) is 0 Å². The van der Waals surface area contributed by atoms with Crippen LogP contribution in [0.3, 0.4) is 0 Å². The Morgan fingerprint density at radius 1 is 1.10 bits per heavy atom. The maximum absolute atomic E-state index is 12.8. The largest absolute Gasteiger partial charge is 0.454 e. The fourth-order valence-electron chi connectivity index (χ4n) is 3.84. The predicted molar refractivity (Wildman–Crippen MR) is 110 cm³/mol. The molecule has 3 aromatic rings. The minimum Gasteiger partial charge on any atom is -0.454 e. The van der Waals surface area contributed by atoms with Crippen molar-refractivity contribution in [3.05, 3.63) is 58.9 Å².